The molecular formula is C27H32BF2N3O3. The van der Waals surface area contributed by atoms with Gasteiger partial charge < -0.3 is 27.6 Å². The van der Waals surface area contributed by atoms with Crippen LogP contribution < -0.4 is 5.32 Å². The SMILES string of the molecule is Cc1cc(C)n2c1C(CCNC(=O)CCC(=O)OCC1[C@H]3CCC#CCC[C@@H]13)=C1C=CC=[N+]1[B-]2(F)F. The van der Waals surface area contributed by atoms with Gasteiger partial charge in [0.2, 0.25) is 5.91 Å². The van der Waals surface area contributed by atoms with E-state index in [0.717, 1.165) is 45.8 Å². The van der Waals surface area contributed by atoms with E-state index >= 15 is 8.63 Å². The second-order valence-electron chi connectivity index (χ2n) is 10.3. The number of halogens is 2. The number of allylic oxidation sites excluding steroid dienone is 2. The van der Waals surface area contributed by atoms with E-state index in [1.807, 2.05) is 6.92 Å². The largest absolute Gasteiger partial charge is 0.737 e. The lowest BCUT2D eigenvalue weighted by molar-refractivity contribution is -0.356. The number of carbonyl (C=O) groups excluding carboxylic acids is 2. The molecule has 36 heavy (non-hydrogen) atoms. The first kappa shape index (κ1) is 24.5. The Balaban J connectivity index is 1.10. The Morgan fingerprint density at radius 1 is 1.19 bits per heavy atom. The van der Waals surface area contributed by atoms with Crippen molar-refractivity contribution in [3.63, 3.8) is 0 Å². The Labute approximate surface area is 210 Å². The zero-order chi connectivity index (χ0) is 25.4. The molecule has 190 valence electrons. The summed E-state index contributed by atoms with van der Waals surface area (Å²) in [7, 11) is 0. The lowest BCUT2D eigenvalue weighted by Gasteiger charge is -2.32. The van der Waals surface area contributed by atoms with Gasteiger partial charge in [0.05, 0.1) is 13.0 Å². The quantitative estimate of drug-likeness (QED) is 0.337. The van der Waals surface area contributed by atoms with E-state index in [9.17, 15) is 9.59 Å². The third-order valence-electron chi connectivity index (χ3n) is 7.97. The highest BCUT2D eigenvalue weighted by molar-refractivity contribution is 6.57. The fourth-order valence-corrected chi connectivity index (χ4v) is 6.19. The van der Waals surface area contributed by atoms with E-state index < -0.39 is 6.97 Å². The summed E-state index contributed by atoms with van der Waals surface area (Å²) in [6.07, 6.45) is 9.22. The number of aryl methyl sites for hydroxylation is 2. The molecule has 1 aromatic heterocycles. The van der Waals surface area contributed by atoms with Crippen molar-refractivity contribution in [3.05, 3.63) is 40.9 Å². The molecule has 2 aliphatic carbocycles. The van der Waals surface area contributed by atoms with Gasteiger partial charge >= 0.3 is 12.9 Å². The number of esters is 1. The van der Waals surface area contributed by atoms with Crippen LogP contribution in [0.5, 0.6) is 0 Å². The molecule has 5 rings (SSSR count). The zero-order valence-electron chi connectivity index (χ0n) is 20.9. The van der Waals surface area contributed by atoms with E-state index in [2.05, 4.69) is 17.2 Å². The molecule has 0 spiro atoms. The minimum absolute atomic E-state index is 0.0340. The fraction of sp³-hybridized carbons (Fsp3) is 0.519. The van der Waals surface area contributed by atoms with Crippen molar-refractivity contribution in [2.45, 2.75) is 58.8 Å². The molecule has 1 amide bonds. The van der Waals surface area contributed by atoms with E-state index in [1.165, 1.54) is 6.21 Å². The van der Waals surface area contributed by atoms with Crippen molar-refractivity contribution in [1.29, 1.82) is 0 Å². The molecule has 3 atom stereocenters. The summed E-state index contributed by atoms with van der Waals surface area (Å²) in [5, 5.41) is 2.84. The van der Waals surface area contributed by atoms with Gasteiger partial charge in [0.15, 0.2) is 5.70 Å². The number of nitrogens with zero attached hydrogens (tertiary/aromatic N) is 2. The maximum absolute atomic E-state index is 15.2. The van der Waals surface area contributed by atoms with E-state index in [1.54, 1.807) is 25.1 Å². The van der Waals surface area contributed by atoms with Gasteiger partial charge in [-0.05, 0) is 68.2 Å². The van der Waals surface area contributed by atoms with Gasteiger partial charge in [-0.1, -0.05) is 0 Å². The smallest absolute Gasteiger partial charge is 0.465 e. The van der Waals surface area contributed by atoms with Crippen LogP contribution in [0.15, 0.2) is 23.9 Å². The minimum Gasteiger partial charge on any atom is -0.465 e. The van der Waals surface area contributed by atoms with Gasteiger partial charge in [-0.25, -0.2) is 0 Å². The van der Waals surface area contributed by atoms with Gasteiger partial charge in [-0.15, -0.1) is 11.8 Å². The van der Waals surface area contributed by atoms with E-state index in [0.29, 0.717) is 54.4 Å². The summed E-state index contributed by atoms with van der Waals surface area (Å²) in [4.78, 5) is 24.5. The molecule has 1 unspecified atom stereocenters. The molecule has 0 saturated heterocycles. The monoisotopic (exact) mass is 495 g/mol. The summed E-state index contributed by atoms with van der Waals surface area (Å²) in [5.74, 6) is 7.41. The third-order valence-corrected chi connectivity index (χ3v) is 7.97. The van der Waals surface area contributed by atoms with Crippen LogP contribution in [0, 0.1) is 43.4 Å². The summed E-state index contributed by atoms with van der Waals surface area (Å²) in [6, 6.07) is 1.77. The Kier molecular flexibility index (Phi) is 6.63. The predicted molar refractivity (Wildman–Crippen MR) is 134 cm³/mol. The first-order chi connectivity index (χ1) is 17.3. The average Bonchev–Trinajstić information content (AvgIpc) is 3.12. The van der Waals surface area contributed by atoms with Crippen molar-refractivity contribution in [1.82, 2.24) is 9.79 Å². The highest BCUT2D eigenvalue weighted by Crippen LogP contribution is 2.52. The van der Waals surface area contributed by atoms with Crippen LogP contribution in [0.3, 0.4) is 0 Å². The molecule has 0 radical (unpaired) electrons. The highest BCUT2D eigenvalue weighted by Gasteiger charge is 2.52. The van der Waals surface area contributed by atoms with Crippen molar-refractivity contribution in [2.24, 2.45) is 17.8 Å². The van der Waals surface area contributed by atoms with Crippen molar-refractivity contribution >= 4 is 30.6 Å². The Bertz CT molecular complexity index is 1230. The molecule has 2 aliphatic heterocycles. The van der Waals surface area contributed by atoms with Gasteiger partial charge in [-0.3, -0.25) is 9.59 Å². The number of nitrogens with one attached hydrogen (secondary N) is 1. The fourth-order valence-electron chi connectivity index (χ4n) is 6.19. The molecular weight excluding hydrogens is 463 g/mol. The third kappa shape index (κ3) is 4.54. The van der Waals surface area contributed by atoms with Gasteiger partial charge in [0.1, 0.15) is 6.21 Å². The number of carbonyl (C=O) groups is 2. The van der Waals surface area contributed by atoms with Crippen LogP contribution in [-0.2, 0) is 14.3 Å². The number of fused-ring (bicyclic) bond motifs is 3. The van der Waals surface area contributed by atoms with Crippen LogP contribution in [0.4, 0.5) is 8.63 Å². The van der Waals surface area contributed by atoms with Gasteiger partial charge in [0.25, 0.3) is 0 Å². The molecule has 0 bridgehead atoms. The van der Waals surface area contributed by atoms with Crippen LogP contribution in [0.25, 0.3) is 5.57 Å². The number of amides is 1. The van der Waals surface area contributed by atoms with Crippen LogP contribution in [0.2, 0.25) is 0 Å². The standard InChI is InChI=1S/C27H32BF2N3O3/c1-18-16-19(2)33-27(18)22(24-10-7-15-32(24)28(33,29)30)13-14-31-25(34)11-12-26(35)36-17-23-20-8-5-3-4-6-9-21(20)23/h7,10,15-16,20-21,23H,5-6,8-9,11-14,17H2,1-2H3,(H,31,34)/t20-,21+,23?. The Hall–Kier alpha value is -3.15. The molecule has 1 aromatic rings. The number of aromatic nitrogens is 1. The lowest BCUT2D eigenvalue weighted by atomic mass is 9.86. The minimum atomic E-state index is -3.96. The summed E-state index contributed by atoms with van der Waals surface area (Å²) >= 11 is 0. The predicted octanol–water partition coefficient (Wildman–Crippen LogP) is 3.97. The number of hydrogen-bond donors (Lipinski definition) is 1. The molecule has 1 fully saturated rings. The van der Waals surface area contributed by atoms with Crippen molar-refractivity contribution in [2.75, 3.05) is 13.2 Å². The van der Waals surface area contributed by atoms with Crippen LogP contribution in [0.1, 0.15) is 61.9 Å². The Morgan fingerprint density at radius 2 is 1.92 bits per heavy atom. The summed E-state index contributed by atoms with van der Waals surface area (Å²) in [5.41, 5.74) is 3.09. The van der Waals surface area contributed by atoms with E-state index in [-0.39, 0.29) is 24.7 Å². The van der Waals surface area contributed by atoms with E-state index in [4.69, 9.17) is 4.74 Å². The van der Waals surface area contributed by atoms with Gasteiger partial charge in [0, 0.05) is 49.2 Å². The number of ether oxygens (including phenoxy) is 1. The number of rotatable bonds is 8. The zero-order valence-corrected chi connectivity index (χ0v) is 20.9. The van der Waals surface area contributed by atoms with Crippen molar-refractivity contribution in [3.8, 4) is 11.8 Å². The molecule has 1 N–H and O–H groups in total. The molecule has 6 nitrogen and oxygen atoms in total. The lowest BCUT2D eigenvalue weighted by Crippen LogP contribution is -2.50. The molecule has 0 aromatic carbocycles. The normalized spacial score (nSPS) is 24.9. The topological polar surface area (TPSA) is 63.3 Å². The van der Waals surface area contributed by atoms with Gasteiger partial charge in [-0.2, -0.15) is 0 Å². The van der Waals surface area contributed by atoms with Crippen LogP contribution >= 0.6 is 0 Å². The average molecular weight is 495 g/mol. The maximum atomic E-state index is 15.2. The first-order valence-corrected chi connectivity index (χ1v) is 12.9. The molecule has 9 heteroatoms. The Morgan fingerprint density at radius 3 is 2.64 bits per heavy atom. The molecule has 1 saturated carbocycles. The van der Waals surface area contributed by atoms with Crippen LogP contribution in [-0.4, -0.2) is 47.2 Å². The summed E-state index contributed by atoms with van der Waals surface area (Å²) < 4.78 is 38.0. The number of hydrogen-bond acceptors (Lipinski definition) is 3. The van der Waals surface area contributed by atoms with Crippen molar-refractivity contribution < 1.29 is 27.4 Å². The summed E-state index contributed by atoms with van der Waals surface area (Å²) in [6.45, 7) is 0.292. The second-order valence-corrected chi connectivity index (χ2v) is 10.3. The first-order valence-electron chi connectivity index (χ1n) is 12.9. The second kappa shape index (κ2) is 9.72. The maximum Gasteiger partial charge on any atom is 0.737 e. The highest BCUT2D eigenvalue weighted by atomic mass is 19.2. The molecule has 3 heterocycles. The molecule has 4 aliphatic rings.